The van der Waals surface area contributed by atoms with E-state index in [2.05, 4.69) is 131 Å². The number of hydrogen-bond donors (Lipinski definition) is 0. The molecule has 0 radical (unpaired) electrons. The van der Waals surface area contributed by atoms with Crippen LogP contribution in [0.1, 0.15) is 0 Å². The zero-order valence-corrected chi connectivity index (χ0v) is 28.3. The van der Waals surface area contributed by atoms with E-state index in [1.807, 2.05) is 73.1 Å². The van der Waals surface area contributed by atoms with Crippen LogP contribution < -0.4 is 0 Å². The van der Waals surface area contributed by atoms with Crippen molar-refractivity contribution in [2.75, 3.05) is 0 Å². The summed E-state index contributed by atoms with van der Waals surface area (Å²) in [7, 11) is 0. The molecule has 4 nitrogen and oxygen atoms in total. The molecule has 0 aliphatic rings. The maximum Gasteiger partial charge on any atom is 0.160 e. The van der Waals surface area contributed by atoms with Gasteiger partial charge in [0, 0.05) is 40.2 Å². The van der Waals surface area contributed by atoms with Gasteiger partial charge in [0.05, 0.1) is 22.8 Å². The molecule has 0 saturated carbocycles. The van der Waals surface area contributed by atoms with Crippen LogP contribution >= 0.6 is 0 Å². The fourth-order valence-corrected chi connectivity index (χ4v) is 6.85. The van der Waals surface area contributed by atoms with Gasteiger partial charge in [-0.15, -0.1) is 0 Å². The van der Waals surface area contributed by atoms with Gasteiger partial charge in [0.25, 0.3) is 0 Å². The van der Waals surface area contributed by atoms with E-state index in [9.17, 15) is 0 Å². The quantitative estimate of drug-likeness (QED) is 0.170. The highest BCUT2D eigenvalue weighted by atomic mass is 14.9. The summed E-state index contributed by atoms with van der Waals surface area (Å²) in [5, 5.41) is 2.38. The van der Waals surface area contributed by atoms with Crippen LogP contribution in [-0.4, -0.2) is 19.9 Å². The fourth-order valence-electron chi connectivity index (χ4n) is 6.85. The summed E-state index contributed by atoms with van der Waals surface area (Å²) in [5.41, 5.74) is 13.4. The summed E-state index contributed by atoms with van der Waals surface area (Å²) in [6.07, 6.45) is 3.68. The third-order valence-electron chi connectivity index (χ3n) is 9.41. The van der Waals surface area contributed by atoms with Crippen molar-refractivity contribution in [2.24, 2.45) is 0 Å². The fraction of sp³-hybridized carbons (Fsp3) is 0. The molecule has 3 heterocycles. The Morgan fingerprint density at radius 2 is 0.731 bits per heavy atom. The second kappa shape index (κ2) is 13.7. The molecule has 0 bridgehead atoms. The Hall–Kier alpha value is -7.04. The highest BCUT2D eigenvalue weighted by Gasteiger charge is 2.14. The van der Waals surface area contributed by atoms with Crippen molar-refractivity contribution < 1.29 is 0 Å². The van der Waals surface area contributed by atoms with Gasteiger partial charge in [-0.25, -0.2) is 9.97 Å². The van der Waals surface area contributed by atoms with Crippen molar-refractivity contribution in [1.82, 2.24) is 19.9 Å². The first-order valence-corrected chi connectivity index (χ1v) is 17.4. The monoisotopic (exact) mass is 664 g/mol. The largest absolute Gasteiger partial charge is 0.256 e. The van der Waals surface area contributed by atoms with Gasteiger partial charge in [0.1, 0.15) is 0 Å². The summed E-state index contributed by atoms with van der Waals surface area (Å²) in [6, 6.07) is 63.1. The molecule has 0 aliphatic carbocycles. The summed E-state index contributed by atoms with van der Waals surface area (Å²) < 4.78 is 0. The summed E-state index contributed by atoms with van der Waals surface area (Å²) in [5.74, 6) is 0.709. The topological polar surface area (TPSA) is 51.6 Å². The van der Waals surface area contributed by atoms with Crippen LogP contribution in [0.4, 0.5) is 0 Å². The van der Waals surface area contributed by atoms with Crippen LogP contribution in [0.2, 0.25) is 0 Å². The molecule has 0 atom stereocenters. The first kappa shape index (κ1) is 31.0. The summed E-state index contributed by atoms with van der Waals surface area (Å²) in [6.45, 7) is 0. The van der Waals surface area contributed by atoms with Crippen molar-refractivity contribution in [3.63, 3.8) is 0 Å². The Labute approximate surface area is 302 Å². The molecule has 3 aromatic heterocycles. The predicted octanol–water partition coefficient (Wildman–Crippen LogP) is 12.1. The van der Waals surface area contributed by atoms with Crippen LogP contribution in [0, 0.1) is 0 Å². The van der Waals surface area contributed by atoms with Crippen molar-refractivity contribution in [3.05, 3.63) is 194 Å². The average Bonchev–Trinajstić information content (AvgIpc) is 3.24. The Balaban J connectivity index is 1.12. The highest BCUT2D eigenvalue weighted by molar-refractivity contribution is 6.05. The van der Waals surface area contributed by atoms with Crippen LogP contribution in [-0.2, 0) is 0 Å². The molecule has 0 aliphatic heterocycles. The van der Waals surface area contributed by atoms with E-state index in [0.29, 0.717) is 5.82 Å². The lowest BCUT2D eigenvalue weighted by molar-refractivity contribution is 1.18. The number of hydrogen-bond acceptors (Lipinski definition) is 4. The Morgan fingerprint density at radius 1 is 0.269 bits per heavy atom. The number of benzene rings is 6. The van der Waals surface area contributed by atoms with Crippen molar-refractivity contribution in [1.29, 1.82) is 0 Å². The molecular formula is C48H32N4. The van der Waals surface area contributed by atoms with Gasteiger partial charge < -0.3 is 0 Å². The zero-order chi connectivity index (χ0) is 34.7. The molecule has 0 N–H and O–H groups in total. The number of rotatable bonds is 7. The molecule has 0 saturated heterocycles. The van der Waals surface area contributed by atoms with Gasteiger partial charge in [-0.3, -0.25) is 9.97 Å². The van der Waals surface area contributed by atoms with E-state index >= 15 is 0 Å². The standard InChI is InChI=1S/C48H32N4/c1-3-13-34(14-4-1)46-32-47(52-48(51-46)36-15-5-2-6-16-36)35-25-23-33(24-26-35)40-17-11-20-43-41(18-12-19-42(40)43)37-29-38(44-21-7-9-27-49-44)31-39(30-37)45-22-8-10-28-50-45/h1-32H. The SMILES string of the molecule is c1ccc(-c2cc(-c3ccc(-c4cccc5c(-c6cc(-c7ccccn7)cc(-c7ccccn7)c6)cccc45)cc3)nc(-c3ccccc3)n2)cc1. The zero-order valence-electron chi connectivity index (χ0n) is 28.3. The Kier molecular flexibility index (Phi) is 8.16. The van der Waals surface area contributed by atoms with E-state index in [0.717, 1.165) is 67.3 Å². The Bertz CT molecular complexity index is 2530. The second-order valence-corrected chi connectivity index (χ2v) is 12.7. The lowest BCUT2D eigenvalue weighted by Crippen LogP contribution is -1.95. The molecule has 244 valence electrons. The molecular weight excluding hydrogens is 633 g/mol. The lowest BCUT2D eigenvalue weighted by atomic mass is 9.90. The number of pyridine rings is 2. The van der Waals surface area contributed by atoms with Crippen LogP contribution in [0.25, 0.3) is 89.4 Å². The first-order valence-electron chi connectivity index (χ1n) is 17.4. The van der Waals surface area contributed by atoms with Gasteiger partial charge in [-0.2, -0.15) is 0 Å². The van der Waals surface area contributed by atoms with Gasteiger partial charge in [0.2, 0.25) is 0 Å². The molecule has 9 rings (SSSR count). The van der Waals surface area contributed by atoms with Crippen molar-refractivity contribution in [2.45, 2.75) is 0 Å². The minimum absolute atomic E-state index is 0.709. The molecule has 0 fully saturated rings. The first-order chi connectivity index (χ1) is 25.8. The summed E-state index contributed by atoms with van der Waals surface area (Å²) >= 11 is 0. The Morgan fingerprint density at radius 3 is 1.27 bits per heavy atom. The minimum atomic E-state index is 0.709. The molecule has 52 heavy (non-hydrogen) atoms. The van der Waals surface area contributed by atoms with Gasteiger partial charge >= 0.3 is 0 Å². The molecule has 0 spiro atoms. The van der Waals surface area contributed by atoms with E-state index in [-0.39, 0.29) is 0 Å². The van der Waals surface area contributed by atoms with Crippen molar-refractivity contribution >= 4 is 10.8 Å². The highest BCUT2D eigenvalue weighted by Crippen LogP contribution is 2.38. The van der Waals surface area contributed by atoms with E-state index < -0.39 is 0 Å². The van der Waals surface area contributed by atoms with Crippen molar-refractivity contribution in [3.8, 4) is 78.7 Å². The lowest BCUT2D eigenvalue weighted by Gasteiger charge is -2.14. The van der Waals surface area contributed by atoms with E-state index in [1.165, 1.54) is 16.3 Å². The third kappa shape index (κ3) is 6.14. The number of nitrogens with zero attached hydrogens (tertiary/aromatic N) is 4. The maximum atomic E-state index is 5.03. The van der Waals surface area contributed by atoms with E-state index in [4.69, 9.17) is 9.97 Å². The van der Waals surface area contributed by atoms with Crippen LogP contribution in [0.5, 0.6) is 0 Å². The summed E-state index contributed by atoms with van der Waals surface area (Å²) in [4.78, 5) is 19.3. The third-order valence-corrected chi connectivity index (χ3v) is 9.41. The molecule has 0 unspecified atom stereocenters. The van der Waals surface area contributed by atoms with Gasteiger partial charge in [0.15, 0.2) is 5.82 Å². The van der Waals surface area contributed by atoms with Crippen LogP contribution in [0.3, 0.4) is 0 Å². The van der Waals surface area contributed by atoms with Crippen LogP contribution in [0.15, 0.2) is 194 Å². The average molecular weight is 665 g/mol. The molecule has 4 heteroatoms. The maximum absolute atomic E-state index is 5.03. The molecule has 6 aromatic carbocycles. The minimum Gasteiger partial charge on any atom is -0.256 e. The van der Waals surface area contributed by atoms with E-state index in [1.54, 1.807) is 0 Å². The number of fused-ring (bicyclic) bond motifs is 1. The molecule has 0 amide bonds. The molecule has 9 aromatic rings. The second-order valence-electron chi connectivity index (χ2n) is 12.7. The predicted molar refractivity (Wildman–Crippen MR) is 213 cm³/mol. The van der Waals surface area contributed by atoms with Gasteiger partial charge in [-0.1, -0.05) is 133 Å². The number of aromatic nitrogens is 4. The van der Waals surface area contributed by atoms with Gasteiger partial charge in [-0.05, 0) is 81.6 Å². The normalized spacial score (nSPS) is 11.1. The smallest absolute Gasteiger partial charge is 0.160 e.